The normalized spacial score (nSPS) is 10.3. The first kappa shape index (κ1) is 10.2. The molecule has 0 aliphatic rings. The van der Waals surface area contributed by atoms with Crippen molar-refractivity contribution in [2.24, 2.45) is 0 Å². The van der Waals surface area contributed by atoms with Crippen LogP contribution in [0.3, 0.4) is 0 Å². The first-order chi connectivity index (χ1) is 7.79. The third kappa shape index (κ3) is 2.20. The Hall–Kier alpha value is -2.29. The van der Waals surface area contributed by atoms with Gasteiger partial charge < -0.3 is 15.6 Å². The zero-order valence-electron chi connectivity index (χ0n) is 8.19. The van der Waals surface area contributed by atoms with Gasteiger partial charge in [0, 0.05) is 0 Å². The Kier molecular flexibility index (Phi) is 2.87. The minimum atomic E-state index is -0.135. The first-order valence-electron chi connectivity index (χ1n) is 4.40. The lowest BCUT2D eigenvalue weighted by Gasteiger charge is -2.04. The molecule has 0 fully saturated rings. The molecule has 0 bridgehead atoms. The number of hydrogen-bond acceptors (Lipinski definition) is 8. The first-order valence-corrected chi connectivity index (χ1v) is 4.40. The van der Waals surface area contributed by atoms with Crippen molar-refractivity contribution in [2.75, 3.05) is 18.9 Å². The van der Waals surface area contributed by atoms with Crippen molar-refractivity contribution in [2.45, 2.75) is 0 Å². The Morgan fingerprint density at radius 3 is 2.94 bits per heavy atom. The molecule has 0 saturated heterocycles. The molecule has 0 radical (unpaired) electrons. The van der Waals surface area contributed by atoms with E-state index in [0.29, 0.717) is 0 Å². The lowest BCUT2D eigenvalue weighted by molar-refractivity contribution is 0.191. The predicted octanol–water partition coefficient (Wildman–Crippen LogP) is -1.59. The lowest BCUT2D eigenvalue weighted by Crippen LogP contribution is -2.11. The van der Waals surface area contributed by atoms with Crippen LogP contribution in [0.25, 0.3) is 5.95 Å². The van der Waals surface area contributed by atoms with Gasteiger partial charge in [0.1, 0.15) is 19.3 Å². The number of rotatable bonds is 4. The van der Waals surface area contributed by atoms with Gasteiger partial charge in [0.05, 0.1) is 6.61 Å². The maximum absolute atomic E-state index is 8.60. The summed E-state index contributed by atoms with van der Waals surface area (Å²) >= 11 is 0. The number of aliphatic hydroxyl groups is 1. The average molecular weight is 223 g/mol. The number of ether oxygens (including phenoxy) is 1. The molecule has 0 aliphatic carbocycles. The van der Waals surface area contributed by atoms with E-state index in [9.17, 15) is 0 Å². The Morgan fingerprint density at radius 2 is 2.25 bits per heavy atom. The summed E-state index contributed by atoms with van der Waals surface area (Å²) in [6.45, 7) is -0.0511. The lowest BCUT2D eigenvalue weighted by atomic mass is 10.8. The van der Waals surface area contributed by atoms with Crippen LogP contribution in [-0.4, -0.2) is 48.0 Å². The highest BCUT2D eigenvalue weighted by atomic mass is 16.5. The monoisotopic (exact) mass is 223 g/mol. The Labute approximate surface area is 90.0 Å². The van der Waals surface area contributed by atoms with Crippen LogP contribution >= 0.6 is 0 Å². The van der Waals surface area contributed by atoms with Gasteiger partial charge in [-0.25, -0.2) is 4.98 Å². The summed E-state index contributed by atoms with van der Waals surface area (Å²) in [5.74, 6) is 0.214. The third-order valence-corrected chi connectivity index (χ3v) is 1.57. The number of hydrogen-bond donors (Lipinski definition) is 2. The van der Waals surface area contributed by atoms with Crippen molar-refractivity contribution >= 4 is 5.95 Å². The second-order valence-corrected chi connectivity index (χ2v) is 2.69. The van der Waals surface area contributed by atoms with E-state index in [1.165, 1.54) is 17.3 Å². The van der Waals surface area contributed by atoms with Crippen molar-refractivity contribution < 1.29 is 9.84 Å². The number of nitrogens with zero attached hydrogens (tertiary/aromatic N) is 6. The van der Waals surface area contributed by atoms with E-state index in [0.717, 1.165) is 0 Å². The maximum Gasteiger partial charge on any atom is 0.323 e. The van der Waals surface area contributed by atoms with E-state index >= 15 is 0 Å². The minimum absolute atomic E-state index is 0.00781. The number of aromatic nitrogens is 6. The van der Waals surface area contributed by atoms with E-state index in [2.05, 4.69) is 25.0 Å². The molecule has 0 unspecified atom stereocenters. The Bertz CT molecular complexity index is 458. The van der Waals surface area contributed by atoms with Crippen LogP contribution < -0.4 is 10.5 Å². The Morgan fingerprint density at radius 1 is 1.38 bits per heavy atom. The summed E-state index contributed by atoms with van der Waals surface area (Å²) in [4.78, 5) is 15.3. The molecule has 9 nitrogen and oxygen atoms in total. The Balaban J connectivity index is 2.29. The fraction of sp³-hybridized carbons (Fsp3) is 0.286. The van der Waals surface area contributed by atoms with Crippen molar-refractivity contribution in [3.8, 4) is 12.0 Å². The van der Waals surface area contributed by atoms with Crippen LogP contribution in [0, 0.1) is 0 Å². The summed E-state index contributed by atoms with van der Waals surface area (Å²) in [7, 11) is 0. The predicted molar refractivity (Wildman–Crippen MR) is 51.7 cm³/mol. The van der Waals surface area contributed by atoms with E-state index in [1.807, 2.05) is 0 Å². The van der Waals surface area contributed by atoms with Gasteiger partial charge >= 0.3 is 6.01 Å². The molecule has 0 spiro atoms. The fourth-order valence-electron chi connectivity index (χ4n) is 0.976. The highest BCUT2D eigenvalue weighted by molar-refractivity contribution is 5.23. The smallest absolute Gasteiger partial charge is 0.323 e. The summed E-state index contributed by atoms with van der Waals surface area (Å²) < 4.78 is 6.34. The standard InChI is InChI=1S/C7H9N7O2/c8-5-11-6(14-4-9-3-10-14)13-7(12-5)16-2-1-15/h3-4,15H,1-2H2,(H2,8,11,12,13). The van der Waals surface area contributed by atoms with Gasteiger partial charge in [-0.05, 0) is 0 Å². The molecular weight excluding hydrogens is 214 g/mol. The van der Waals surface area contributed by atoms with E-state index in [4.69, 9.17) is 15.6 Å². The topological polar surface area (TPSA) is 125 Å². The molecule has 0 saturated carbocycles. The van der Waals surface area contributed by atoms with Gasteiger partial charge in [-0.15, -0.1) is 0 Å². The average Bonchev–Trinajstić information content (AvgIpc) is 2.79. The summed E-state index contributed by atoms with van der Waals surface area (Å²) in [5, 5.41) is 12.4. The second kappa shape index (κ2) is 4.49. The van der Waals surface area contributed by atoms with Crippen molar-refractivity contribution in [1.29, 1.82) is 0 Å². The van der Waals surface area contributed by atoms with Crippen LogP contribution in [0.1, 0.15) is 0 Å². The summed E-state index contributed by atoms with van der Waals surface area (Å²) in [6.07, 6.45) is 2.76. The van der Waals surface area contributed by atoms with E-state index in [-0.39, 0.29) is 31.1 Å². The van der Waals surface area contributed by atoms with E-state index < -0.39 is 0 Å². The molecule has 0 amide bonds. The highest BCUT2D eigenvalue weighted by Gasteiger charge is 2.07. The zero-order valence-corrected chi connectivity index (χ0v) is 8.19. The number of nitrogen functional groups attached to an aromatic ring is 1. The quantitative estimate of drug-likeness (QED) is 0.635. The number of aliphatic hydroxyl groups excluding tert-OH is 1. The third-order valence-electron chi connectivity index (χ3n) is 1.57. The molecule has 3 N–H and O–H groups in total. The van der Waals surface area contributed by atoms with Gasteiger partial charge in [0.2, 0.25) is 5.95 Å². The van der Waals surface area contributed by atoms with Gasteiger partial charge in [-0.2, -0.15) is 24.7 Å². The molecular formula is C7H9N7O2. The zero-order chi connectivity index (χ0) is 11.4. The van der Waals surface area contributed by atoms with Gasteiger partial charge in [-0.1, -0.05) is 0 Å². The molecule has 2 aromatic heterocycles. The molecule has 0 aliphatic heterocycles. The van der Waals surface area contributed by atoms with E-state index in [1.54, 1.807) is 0 Å². The molecule has 0 aromatic carbocycles. The number of anilines is 1. The van der Waals surface area contributed by atoms with Crippen molar-refractivity contribution in [3.05, 3.63) is 12.7 Å². The number of nitrogens with two attached hydrogens (primary N) is 1. The molecule has 9 heteroatoms. The molecule has 84 valence electrons. The molecule has 0 atom stereocenters. The molecule has 16 heavy (non-hydrogen) atoms. The van der Waals surface area contributed by atoms with Gasteiger partial charge in [0.25, 0.3) is 5.95 Å². The summed E-state index contributed by atoms with van der Waals surface area (Å²) in [6, 6.07) is 0.0343. The van der Waals surface area contributed by atoms with Gasteiger partial charge in [-0.3, -0.25) is 0 Å². The van der Waals surface area contributed by atoms with Crippen LogP contribution in [0.2, 0.25) is 0 Å². The van der Waals surface area contributed by atoms with Crippen molar-refractivity contribution in [3.63, 3.8) is 0 Å². The minimum Gasteiger partial charge on any atom is -0.461 e. The van der Waals surface area contributed by atoms with Crippen LogP contribution in [0.15, 0.2) is 12.7 Å². The SMILES string of the molecule is Nc1nc(OCCO)nc(-n2cncn2)n1. The summed E-state index contributed by atoms with van der Waals surface area (Å²) in [5.41, 5.74) is 5.47. The molecule has 2 heterocycles. The molecule has 2 rings (SSSR count). The fourth-order valence-corrected chi connectivity index (χ4v) is 0.976. The maximum atomic E-state index is 8.60. The largest absolute Gasteiger partial charge is 0.461 e. The molecule has 2 aromatic rings. The van der Waals surface area contributed by atoms with Crippen molar-refractivity contribution in [1.82, 2.24) is 29.7 Å². The highest BCUT2D eigenvalue weighted by Crippen LogP contribution is 2.07. The van der Waals surface area contributed by atoms with Gasteiger partial charge in [0.15, 0.2) is 0 Å². The van der Waals surface area contributed by atoms with Crippen LogP contribution in [0.4, 0.5) is 5.95 Å². The second-order valence-electron chi connectivity index (χ2n) is 2.69. The van der Waals surface area contributed by atoms with Crippen LogP contribution in [0.5, 0.6) is 6.01 Å². The van der Waals surface area contributed by atoms with Crippen LogP contribution in [-0.2, 0) is 0 Å².